The van der Waals surface area contributed by atoms with E-state index in [0.29, 0.717) is 18.9 Å². The molecule has 26 heavy (non-hydrogen) atoms. The van der Waals surface area contributed by atoms with Crippen molar-refractivity contribution in [2.24, 2.45) is 7.05 Å². The largest absolute Gasteiger partial charge is 0.497 e. The van der Waals surface area contributed by atoms with Gasteiger partial charge in [0.05, 0.1) is 24.6 Å². The topological polar surface area (TPSA) is 56.1 Å². The van der Waals surface area contributed by atoms with Crippen LogP contribution in [0.3, 0.4) is 0 Å². The summed E-state index contributed by atoms with van der Waals surface area (Å²) in [6.45, 7) is 0.508. The van der Waals surface area contributed by atoms with E-state index in [1.54, 1.807) is 7.11 Å². The number of aromatic nitrogens is 2. The Morgan fingerprint density at radius 3 is 2.85 bits per heavy atom. The van der Waals surface area contributed by atoms with Gasteiger partial charge in [-0.25, -0.2) is 4.98 Å². The van der Waals surface area contributed by atoms with Crippen LogP contribution < -0.4 is 10.1 Å². The van der Waals surface area contributed by atoms with Crippen molar-refractivity contribution in [2.45, 2.75) is 31.7 Å². The summed E-state index contributed by atoms with van der Waals surface area (Å²) in [5, 5.41) is 2.99. The van der Waals surface area contributed by atoms with E-state index in [1.165, 1.54) is 18.7 Å². The van der Waals surface area contributed by atoms with Crippen LogP contribution in [0.2, 0.25) is 0 Å². The zero-order chi connectivity index (χ0) is 18.1. The number of hydrogen-bond acceptors (Lipinski definition) is 3. The quantitative estimate of drug-likeness (QED) is 0.743. The van der Waals surface area contributed by atoms with E-state index >= 15 is 0 Å². The van der Waals surface area contributed by atoms with E-state index in [9.17, 15) is 4.79 Å². The molecule has 1 N–H and O–H groups in total. The van der Waals surface area contributed by atoms with Gasteiger partial charge in [-0.1, -0.05) is 18.2 Å². The number of hydrogen-bond donors (Lipinski definition) is 1. The van der Waals surface area contributed by atoms with Gasteiger partial charge in [-0.3, -0.25) is 4.79 Å². The Morgan fingerprint density at radius 1 is 1.23 bits per heavy atom. The third kappa shape index (κ3) is 3.43. The fraction of sp³-hybridized carbons (Fsp3) is 0.333. The molecule has 1 aliphatic carbocycles. The molecule has 0 atom stereocenters. The van der Waals surface area contributed by atoms with Crippen molar-refractivity contribution in [2.75, 3.05) is 7.11 Å². The van der Waals surface area contributed by atoms with Crippen LogP contribution >= 0.6 is 0 Å². The molecule has 134 valence electrons. The average molecular weight is 349 g/mol. The highest BCUT2D eigenvalue weighted by Gasteiger charge is 2.28. The molecule has 0 bridgehead atoms. The number of carbonyl (C=O) groups excluding carboxylic acids is 1. The highest BCUT2D eigenvalue weighted by Crippen LogP contribution is 2.40. The average Bonchev–Trinajstić information content (AvgIpc) is 3.44. The van der Waals surface area contributed by atoms with Crippen LogP contribution in [-0.4, -0.2) is 22.6 Å². The number of rotatable bonds is 6. The SMILES string of the molecule is COc1cccc(CC(=O)NCc2ccc3c(c2)nc(C2CC2)n3C)c1. The van der Waals surface area contributed by atoms with Gasteiger partial charge in [-0.15, -0.1) is 0 Å². The van der Waals surface area contributed by atoms with E-state index in [0.717, 1.165) is 27.9 Å². The second-order valence-electron chi connectivity index (χ2n) is 6.93. The lowest BCUT2D eigenvalue weighted by atomic mass is 10.1. The maximum atomic E-state index is 12.2. The fourth-order valence-electron chi connectivity index (χ4n) is 3.31. The summed E-state index contributed by atoms with van der Waals surface area (Å²) < 4.78 is 7.39. The van der Waals surface area contributed by atoms with Crippen LogP contribution in [0.15, 0.2) is 42.5 Å². The Bertz CT molecular complexity index is 957. The van der Waals surface area contributed by atoms with Gasteiger partial charge in [0.2, 0.25) is 5.91 Å². The molecule has 1 aliphatic rings. The Labute approximate surface area is 153 Å². The van der Waals surface area contributed by atoms with Crippen LogP contribution in [-0.2, 0) is 24.8 Å². The summed E-state index contributed by atoms with van der Waals surface area (Å²) in [7, 11) is 3.71. The Balaban J connectivity index is 1.41. The second-order valence-corrected chi connectivity index (χ2v) is 6.93. The molecular formula is C21H23N3O2. The Kier molecular flexibility index (Phi) is 4.37. The van der Waals surface area contributed by atoms with Gasteiger partial charge >= 0.3 is 0 Å². The van der Waals surface area contributed by atoms with Gasteiger partial charge in [0.1, 0.15) is 11.6 Å². The normalized spacial score (nSPS) is 13.8. The third-order valence-corrected chi connectivity index (χ3v) is 4.91. The molecule has 0 unspecified atom stereocenters. The molecule has 5 nitrogen and oxygen atoms in total. The molecule has 0 saturated heterocycles. The van der Waals surface area contributed by atoms with Gasteiger partial charge in [0.25, 0.3) is 0 Å². The molecule has 1 aromatic heterocycles. The monoisotopic (exact) mass is 349 g/mol. The van der Waals surface area contributed by atoms with Crippen molar-refractivity contribution in [1.82, 2.24) is 14.9 Å². The molecule has 1 heterocycles. The predicted octanol–water partition coefficient (Wildman–Crippen LogP) is 3.32. The fourth-order valence-corrected chi connectivity index (χ4v) is 3.31. The van der Waals surface area contributed by atoms with Crippen molar-refractivity contribution >= 4 is 16.9 Å². The first-order valence-electron chi connectivity index (χ1n) is 8.99. The summed E-state index contributed by atoms with van der Waals surface area (Å²) >= 11 is 0. The molecule has 0 radical (unpaired) electrons. The minimum Gasteiger partial charge on any atom is -0.497 e. The van der Waals surface area contributed by atoms with E-state index < -0.39 is 0 Å². The van der Waals surface area contributed by atoms with Gasteiger partial charge in [0, 0.05) is 19.5 Å². The first-order valence-corrected chi connectivity index (χ1v) is 8.99. The Hall–Kier alpha value is -2.82. The lowest BCUT2D eigenvalue weighted by Crippen LogP contribution is -2.24. The molecule has 0 spiro atoms. The van der Waals surface area contributed by atoms with Crippen LogP contribution in [0, 0.1) is 0 Å². The first-order chi connectivity index (χ1) is 12.6. The maximum absolute atomic E-state index is 12.2. The van der Waals surface area contributed by atoms with Gasteiger partial charge in [-0.05, 0) is 48.2 Å². The molecule has 1 fully saturated rings. The standard InChI is InChI=1S/C21H23N3O2/c1-24-19-9-6-15(11-18(19)23-21(24)16-7-8-16)13-22-20(25)12-14-4-3-5-17(10-14)26-2/h3-6,9-11,16H,7-8,12-13H2,1-2H3,(H,22,25). The summed E-state index contributed by atoms with van der Waals surface area (Å²) in [6.07, 6.45) is 2.82. The van der Waals surface area contributed by atoms with E-state index in [4.69, 9.17) is 9.72 Å². The minimum absolute atomic E-state index is 0.00181. The number of benzene rings is 2. The Morgan fingerprint density at radius 2 is 2.08 bits per heavy atom. The maximum Gasteiger partial charge on any atom is 0.224 e. The zero-order valence-corrected chi connectivity index (χ0v) is 15.2. The number of nitrogens with one attached hydrogen (secondary N) is 1. The van der Waals surface area contributed by atoms with Gasteiger partial charge in [0.15, 0.2) is 0 Å². The first kappa shape index (κ1) is 16.6. The van der Waals surface area contributed by atoms with Crippen molar-refractivity contribution in [3.8, 4) is 5.75 Å². The van der Waals surface area contributed by atoms with Crippen LogP contribution in [0.4, 0.5) is 0 Å². The number of methoxy groups -OCH3 is 1. The van der Waals surface area contributed by atoms with Crippen molar-refractivity contribution < 1.29 is 9.53 Å². The zero-order valence-electron chi connectivity index (χ0n) is 15.2. The van der Waals surface area contributed by atoms with Crippen molar-refractivity contribution in [1.29, 1.82) is 0 Å². The lowest BCUT2D eigenvalue weighted by molar-refractivity contribution is -0.120. The summed E-state index contributed by atoms with van der Waals surface area (Å²) in [5.41, 5.74) is 4.17. The predicted molar refractivity (Wildman–Crippen MR) is 101 cm³/mol. The molecule has 3 aromatic rings. The number of ether oxygens (including phenoxy) is 1. The van der Waals surface area contributed by atoms with E-state index in [-0.39, 0.29) is 5.91 Å². The molecule has 1 saturated carbocycles. The number of fused-ring (bicyclic) bond motifs is 1. The van der Waals surface area contributed by atoms with Crippen LogP contribution in [0.25, 0.3) is 11.0 Å². The third-order valence-electron chi connectivity index (χ3n) is 4.91. The summed E-state index contributed by atoms with van der Waals surface area (Å²) in [6, 6.07) is 13.8. The highest BCUT2D eigenvalue weighted by atomic mass is 16.5. The van der Waals surface area contributed by atoms with Crippen LogP contribution in [0.1, 0.15) is 35.7 Å². The summed E-state index contributed by atoms with van der Waals surface area (Å²) in [4.78, 5) is 17.0. The molecular weight excluding hydrogens is 326 g/mol. The van der Waals surface area contributed by atoms with E-state index in [2.05, 4.69) is 35.1 Å². The highest BCUT2D eigenvalue weighted by molar-refractivity contribution is 5.79. The minimum atomic E-state index is -0.00181. The van der Waals surface area contributed by atoms with Crippen LogP contribution in [0.5, 0.6) is 5.75 Å². The molecule has 4 rings (SSSR count). The number of carbonyl (C=O) groups is 1. The smallest absolute Gasteiger partial charge is 0.224 e. The van der Waals surface area contributed by atoms with Gasteiger partial charge in [-0.2, -0.15) is 0 Å². The van der Waals surface area contributed by atoms with Crippen molar-refractivity contribution in [3.63, 3.8) is 0 Å². The molecule has 0 aliphatic heterocycles. The summed E-state index contributed by atoms with van der Waals surface area (Å²) in [5.74, 6) is 2.57. The van der Waals surface area contributed by atoms with Gasteiger partial charge < -0.3 is 14.6 Å². The number of imidazole rings is 1. The number of nitrogens with zero attached hydrogens (tertiary/aromatic N) is 2. The molecule has 2 aromatic carbocycles. The molecule has 1 amide bonds. The lowest BCUT2D eigenvalue weighted by Gasteiger charge is -2.07. The molecule has 5 heteroatoms. The second kappa shape index (κ2) is 6.83. The number of aryl methyl sites for hydroxylation is 1. The number of amides is 1. The van der Waals surface area contributed by atoms with Crippen molar-refractivity contribution in [3.05, 3.63) is 59.4 Å². The van der Waals surface area contributed by atoms with E-state index in [1.807, 2.05) is 24.3 Å².